The minimum absolute atomic E-state index is 0.0621. The predicted molar refractivity (Wildman–Crippen MR) is 67.1 cm³/mol. The zero-order valence-electron chi connectivity index (χ0n) is 9.36. The number of carbonyl (C=O) groups is 1. The lowest BCUT2D eigenvalue weighted by Gasteiger charge is -1.97. The second kappa shape index (κ2) is 7.46. The van der Waals surface area contributed by atoms with Crippen LogP contribution in [-0.4, -0.2) is 12.5 Å². The lowest BCUT2D eigenvalue weighted by Crippen LogP contribution is -2.20. The van der Waals surface area contributed by atoms with Gasteiger partial charge in [0.25, 0.3) is 0 Å². The molecule has 1 rings (SSSR count). The Morgan fingerprint density at radius 3 is 2.75 bits per heavy atom. The molecule has 0 aliphatic rings. The topological polar surface area (TPSA) is 29.1 Å². The molecule has 0 bridgehead atoms. The zero-order valence-corrected chi connectivity index (χ0v) is 9.36. The molecule has 0 unspecified atom stereocenters. The fourth-order valence-electron chi connectivity index (χ4n) is 1.32. The van der Waals surface area contributed by atoms with Crippen molar-refractivity contribution in [3.05, 3.63) is 60.7 Å². The van der Waals surface area contributed by atoms with Crippen LogP contribution >= 0.6 is 0 Å². The van der Waals surface area contributed by atoms with Crippen molar-refractivity contribution in [1.29, 1.82) is 0 Å². The number of hydrogen-bond donors (Lipinski definition) is 1. The van der Waals surface area contributed by atoms with Gasteiger partial charge in [-0.1, -0.05) is 42.5 Å². The molecule has 0 aliphatic carbocycles. The highest BCUT2D eigenvalue weighted by atomic mass is 16.1. The van der Waals surface area contributed by atoms with Crippen LogP contribution < -0.4 is 5.32 Å². The largest absolute Gasteiger partial charge is 0.349 e. The number of hydrogen-bond acceptors (Lipinski definition) is 1. The van der Waals surface area contributed by atoms with Crippen molar-refractivity contribution < 1.29 is 4.79 Å². The summed E-state index contributed by atoms with van der Waals surface area (Å²) in [5.41, 5.74) is 1.29. The molecule has 1 N–H and O–H groups in total. The van der Waals surface area contributed by atoms with Gasteiger partial charge in [-0.2, -0.15) is 0 Å². The molecule has 1 amide bonds. The van der Waals surface area contributed by atoms with Crippen LogP contribution in [0.4, 0.5) is 0 Å². The summed E-state index contributed by atoms with van der Waals surface area (Å²) in [6.45, 7) is 4.05. The molecule has 0 heterocycles. The molecule has 2 heteroatoms. The van der Waals surface area contributed by atoms with Crippen molar-refractivity contribution in [2.24, 2.45) is 0 Å². The third kappa shape index (κ3) is 5.15. The lowest BCUT2D eigenvalue weighted by atomic mass is 10.1. The number of amides is 1. The lowest BCUT2D eigenvalue weighted by molar-refractivity contribution is -0.116. The van der Waals surface area contributed by atoms with Gasteiger partial charge in [0.2, 0.25) is 5.91 Å². The predicted octanol–water partition coefficient (Wildman–Crippen LogP) is 2.48. The standard InChI is InChI=1S/C14H17NO/c1-2-12-15-14(16)11-7-6-10-13-8-4-3-5-9-13/h2-5,7-9,11H,1,6,10,12H2,(H,15,16). The van der Waals surface area contributed by atoms with Crippen LogP contribution in [0.3, 0.4) is 0 Å². The van der Waals surface area contributed by atoms with E-state index in [1.807, 2.05) is 24.3 Å². The first-order valence-electron chi connectivity index (χ1n) is 5.42. The molecule has 0 saturated heterocycles. The number of carbonyl (C=O) groups excluding carboxylic acids is 1. The summed E-state index contributed by atoms with van der Waals surface area (Å²) in [5.74, 6) is -0.0621. The Morgan fingerprint density at radius 1 is 1.31 bits per heavy atom. The van der Waals surface area contributed by atoms with Gasteiger partial charge in [-0.25, -0.2) is 0 Å². The molecule has 0 aromatic heterocycles. The van der Waals surface area contributed by atoms with Gasteiger partial charge in [-0.05, 0) is 24.5 Å². The van der Waals surface area contributed by atoms with Crippen LogP contribution in [0.5, 0.6) is 0 Å². The van der Waals surface area contributed by atoms with Gasteiger partial charge in [0.15, 0.2) is 0 Å². The first kappa shape index (κ1) is 12.2. The fourth-order valence-corrected chi connectivity index (χ4v) is 1.32. The number of rotatable bonds is 6. The Bertz CT molecular complexity index is 354. The number of aryl methyl sites for hydroxylation is 1. The van der Waals surface area contributed by atoms with Crippen molar-refractivity contribution in [2.75, 3.05) is 6.54 Å². The van der Waals surface area contributed by atoms with Crippen LogP contribution in [0.15, 0.2) is 55.1 Å². The summed E-state index contributed by atoms with van der Waals surface area (Å²) >= 11 is 0. The van der Waals surface area contributed by atoms with Gasteiger partial charge in [0.05, 0.1) is 0 Å². The normalized spacial score (nSPS) is 10.2. The van der Waals surface area contributed by atoms with Crippen LogP contribution in [-0.2, 0) is 11.2 Å². The molecule has 0 radical (unpaired) electrons. The summed E-state index contributed by atoms with van der Waals surface area (Å²) in [7, 11) is 0. The van der Waals surface area contributed by atoms with Crippen molar-refractivity contribution in [3.8, 4) is 0 Å². The van der Waals surface area contributed by atoms with E-state index in [0.29, 0.717) is 6.54 Å². The van der Waals surface area contributed by atoms with E-state index in [4.69, 9.17) is 0 Å². The second-order valence-electron chi connectivity index (χ2n) is 3.46. The Balaban J connectivity index is 2.22. The molecule has 16 heavy (non-hydrogen) atoms. The first-order chi connectivity index (χ1) is 7.83. The van der Waals surface area contributed by atoms with Crippen molar-refractivity contribution in [2.45, 2.75) is 12.8 Å². The molecule has 0 saturated carbocycles. The Labute approximate surface area is 96.7 Å². The highest BCUT2D eigenvalue weighted by Crippen LogP contribution is 2.02. The van der Waals surface area contributed by atoms with E-state index < -0.39 is 0 Å². The summed E-state index contributed by atoms with van der Waals surface area (Å²) < 4.78 is 0. The SMILES string of the molecule is C=CCNC(=O)C=CCCc1ccccc1. The summed E-state index contributed by atoms with van der Waals surface area (Å²) in [4.78, 5) is 11.2. The van der Waals surface area contributed by atoms with Gasteiger partial charge in [-0.15, -0.1) is 6.58 Å². The highest BCUT2D eigenvalue weighted by Gasteiger charge is 1.91. The molecule has 1 aromatic carbocycles. The smallest absolute Gasteiger partial charge is 0.243 e. The molecular formula is C14H17NO. The minimum Gasteiger partial charge on any atom is -0.349 e. The van der Waals surface area contributed by atoms with Crippen molar-refractivity contribution in [1.82, 2.24) is 5.32 Å². The molecular weight excluding hydrogens is 198 g/mol. The van der Waals surface area contributed by atoms with Crippen LogP contribution in [0, 0.1) is 0 Å². The highest BCUT2D eigenvalue weighted by molar-refractivity contribution is 5.87. The van der Waals surface area contributed by atoms with E-state index in [9.17, 15) is 4.79 Å². The van der Waals surface area contributed by atoms with E-state index in [2.05, 4.69) is 24.0 Å². The van der Waals surface area contributed by atoms with Gasteiger partial charge in [0, 0.05) is 6.54 Å². The molecule has 0 aliphatic heterocycles. The van der Waals surface area contributed by atoms with Crippen LogP contribution in [0.1, 0.15) is 12.0 Å². The first-order valence-corrected chi connectivity index (χ1v) is 5.42. The van der Waals surface area contributed by atoms with E-state index in [1.54, 1.807) is 12.2 Å². The molecule has 0 fully saturated rings. The average molecular weight is 215 g/mol. The maximum atomic E-state index is 11.2. The molecule has 1 aromatic rings. The van der Waals surface area contributed by atoms with Crippen LogP contribution in [0.2, 0.25) is 0 Å². The van der Waals surface area contributed by atoms with Crippen molar-refractivity contribution >= 4 is 5.91 Å². The second-order valence-corrected chi connectivity index (χ2v) is 3.46. The minimum atomic E-state index is -0.0621. The van der Waals surface area contributed by atoms with E-state index in [1.165, 1.54) is 5.56 Å². The Kier molecular flexibility index (Phi) is 5.71. The molecule has 0 spiro atoms. The van der Waals surface area contributed by atoms with Crippen LogP contribution in [0.25, 0.3) is 0 Å². The molecule has 0 atom stereocenters. The number of nitrogens with one attached hydrogen (secondary N) is 1. The number of allylic oxidation sites excluding steroid dienone is 1. The third-order valence-corrected chi connectivity index (χ3v) is 2.13. The maximum Gasteiger partial charge on any atom is 0.243 e. The van der Waals surface area contributed by atoms with Gasteiger partial charge in [-0.3, -0.25) is 4.79 Å². The molecule has 84 valence electrons. The summed E-state index contributed by atoms with van der Waals surface area (Å²) in [5, 5.41) is 2.69. The van der Waals surface area contributed by atoms with E-state index in [0.717, 1.165) is 12.8 Å². The third-order valence-electron chi connectivity index (χ3n) is 2.13. The van der Waals surface area contributed by atoms with Gasteiger partial charge in [0.1, 0.15) is 0 Å². The van der Waals surface area contributed by atoms with Gasteiger partial charge >= 0.3 is 0 Å². The monoisotopic (exact) mass is 215 g/mol. The average Bonchev–Trinajstić information content (AvgIpc) is 2.33. The molecule has 2 nitrogen and oxygen atoms in total. The van der Waals surface area contributed by atoms with E-state index in [-0.39, 0.29) is 5.91 Å². The fraction of sp³-hybridized carbons (Fsp3) is 0.214. The zero-order chi connectivity index (χ0) is 11.6. The maximum absolute atomic E-state index is 11.2. The van der Waals surface area contributed by atoms with E-state index >= 15 is 0 Å². The van der Waals surface area contributed by atoms with Crippen molar-refractivity contribution in [3.63, 3.8) is 0 Å². The summed E-state index contributed by atoms with van der Waals surface area (Å²) in [6, 6.07) is 10.2. The van der Waals surface area contributed by atoms with Gasteiger partial charge < -0.3 is 5.32 Å². The Hall–Kier alpha value is -1.83. The Morgan fingerprint density at radius 2 is 2.06 bits per heavy atom. The quantitative estimate of drug-likeness (QED) is 0.573. The number of benzene rings is 1. The summed E-state index contributed by atoms with van der Waals surface area (Å²) in [6.07, 6.45) is 6.98.